The molecule has 1 rings (SSSR count). The summed E-state index contributed by atoms with van der Waals surface area (Å²) in [5, 5.41) is 0. The molecule has 0 spiro atoms. The zero-order chi connectivity index (χ0) is 8.43. The molecule has 0 aliphatic heterocycles. The summed E-state index contributed by atoms with van der Waals surface area (Å²) in [5.74, 6) is -1.53. The van der Waals surface area contributed by atoms with Gasteiger partial charge in [-0.3, -0.25) is 9.59 Å². The fraction of sp³-hybridized carbons (Fsp3) is 0.714. The Morgan fingerprint density at radius 1 is 1.73 bits per heavy atom. The van der Waals surface area contributed by atoms with Crippen molar-refractivity contribution in [3.05, 3.63) is 0 Å². The third kappa shape index (κ3) is 1.56. The summed E-state index contributed by atoms with van der Waals surface area (Å²) in [5.41, 5.74) is 0. The van der Waals surface area contributed by atoms with Gasteiger partial charge in [0.1, 0.15) is 0 Å². The van der Waals surface area contributed by atoms with Crippen molar-refractivity contribution in [2.24, 2.45) is 5.92 Å². The molecule has 0 saturated heterocycles. The van der Waals surface area contributed by atoms with E-state index in [0.29, 0.717) is 0 Å². The van der Waals surface area contributed by atoms with Crippen LogP contribution < -0.4 is 0 Å². The van der Waals surface area contributed by atoms with Crippen LogP contribution >= 0.6 is 0 Å². The van der Waals surface area contributed by atoms with Crippen molar-refractivity contribution in [2.45, 2.75) is 19.0 Å². The molecule has 0 amide bonds. The van der Waals surface area contributed by atoms with Crippen molar-refractivity contribution in [3.8, 4) is 0 Å². The van der Waals surface area contributed by atoms with Gasteiger partial charge in [-0.05, 0) is 6.42 Å². The van der Waals surface area contributed by atoms with Crippen LogP contribution in [-0.2, 0) is 14.3 Å². The third-order valence-corrected chi connectivity index (χ3v) is 1.82. The number of halogens is 1. The van der Waals surface area contributed by atoms with Gasteiger partial charge in [-0.2, -0.15) is 0 Å². The van der Waals surface area contributed by atoms with Gasteiger partial charge in [-0.15, -0.1) is 0 Å². The molecular weight excluding hydrogens is 151 g/mol. The summed E-state index contributed by atoms with van der Waals surface area (Å²) in [6, 6.07) is 0. The van der Waals surface area contributed by atoms with Crippen molar-refractivity contribution in [1.29, 1.82) is 0 Å². The third-order valence-electron chi connectivity index (χ3n) is 1.82. The largest absolute Gasteiger partial charge is 0.469 e. The summed E-state index contributed by atoms with van der Waals surface area (Å²) in [6.45, 7) is 0. The SMILES string of the molecule is COC(=O)[C@H]1CC(=O)[C@H](F)C1. The molecule has 0 heterocycles. The Morgan fingerprint density at radius 2 is 2.36 bits per heavy atom. The van der Waals surface area contributed by atoms with E-state index in [1.807, 2.05) is 0 Å². The van der Waals surface area contributed by atoms with Gasteiger partial charge in [-0.1, -0.05) is 0 Å². The van der Waals surface area contributed by atoms with Crippen LogP contribution in [0.5, 0.6) is 0 Å². The number of methoxy groups -OCH3 is 1. The predicted octanol–water partition coefficient (Wildman–Crippen LogP) is 0.477. The van der Waals surface area contributed by atoms with E-state index < -0.39 is 23.8 Å². The summed E-state index contributed by atoms with van der Waals surface area (Å²) in [7, 11) is 1.23. The molecule has 0 aromatic rings. The van der Waals surface area contributed by atoms with E-state index in [1.165, 1.54) is 7.11 Å². The molecule has 1 fully saturated rings. The summed E-state index contributed by atoms with van der Waals surface area (Å²) in [6.07, 6.45) is -1.47. The quantitative estimate of drug-likeness (QED) is 0.524. The van der Waals surface area contributed by atoms with E-state index in [9.17, 15) is 14.0 Å². The molecule has 0 bridgehead atoms. The van der Waals surface area contributed by atoms with Gasteiger partial charge >= 0.3 is 5.97 Å². The molecule has 0 N–H and O–H groups in total. The lowest BCUT2D eigenvalue weighted by molar-refractivity contribution is -0.145. The maximum Gasteiger partial charge on any atom is 0.309 e. The lowest BCUT2D eigenvalue weighted by Gasteiger charge is -2.02. The number of carbonyl (C=O) groups excluding carboxylic acids is 2. The van der Waals surface area contributed by atoms with Gasteiger partial charge in [0, 0.05) is 6.42 Å². The fourth-order valence-corrected chi connectivity index (χ4v) is 1.18. The van der Waals surface area contributed by atoms with Crippen molar-refractivity contribution in [2.75, 3.05) is 7.11 Å². The fourth-order valence-electron chi connectivity index (χ4n) is 1.18. The lowest BCUT2D eigenvalue weighted by atomic mass is 10.1. The van der Waals surface area contributed by atoms with Gasteiger partial charge in [0.05, 0.1) is 13.0 Å². The van der Waals surface area contributed by atoms with Crippen LogP contribution in [0.25, 0.3) is 0 Å². The molecule has 1 aliphatic carbocycles. The van der Waals surface area contributed by atoms with Crippen LogP contribution in [-0.4, -0.2) is 25.0 Å². The van der Waals surface area contributed by atoms with Gasteiger partial charge in [0.15, 0.2) is 12.0 Å². The maximum atomic E-state index is 12.5. The normalized spacial score (nSPS) is 30.5. The summed E-state index contributed by atoms with van der Waals surface area (Å²) < 4.78 is 16.9. The number of hydrogen-bond donors (Lipinski definition) is 0. The van der Waals surface area contributed by atoms with Gasteiger partial charge in [-0.25, -0.2) is 4.39 Å². The van der Waals surface area contributed by atoms with Crippen LogP contribution in [0.1, 0.15) is 12.8 Å². The first-order valence-corrected chi connectivity index (χ1v) is 3.39. The van der Waals surface area contributed by atoms with Crippen LogP contribution in [0.3, 0.4) is 0 Å². The Labute approximate surface area is 63.5 Å². The van der Waals surface area contributed by atoms with Crippen molar-refractivity contribution >= 4 is 11.8 Å². The number of rotatable bonds is 1. The molecule has 0 radical (unpaired) electrons. The molecule has 62 valence electrons. The Kier molecular flexibility index (Phi) is 2.22. The average Bonchev–Trinajstić information content (AvgIpc) is 2.31. The number of hydrogen-bond acceptors (Lipinski definition) is 3. The number of alkyl halides is 1. The second-order valence-corrected chi connectivity index (χ2v) is 2.59. The Hall–Kier alpha value is -0.930. The minimum absolute atomic E-state index is 0.00611. The highest BCUT2D eigenvalue weighted by Crippen LogP contribution is 2.25. The Bertz CT molecular complexity index is 190. The summed E-state index contributed by atoms with van der Waals surface area (Å²) >= 11 is 0. The molecule has 11 heavy (non-hydrogen) atoms. The van der Waals surface area contributed by atoms with E-state index in [1.54, 1.807) is 0 Å². The van der Waals surface area contributed by atoms with Gasteiger partial charge in [0.2, 0.25) is 0 Å². The number of ketones is 1. The molecule has 0 aromatic carbocycles. The minimum Gasteiger partial charge on any atom is -0.469 e. The van der Waals surface area contributed by atoms with Crippen LogP contribution in [0.2, 0.25) is 0 Å². The van der Waals surface area contributed by atoms with E-state index >= 15 is 0 Å². The maximum absolute atomic E-state index is 12.5. The standard InChI is InChI=1S/C7H9FO3/c1-11-7(10)4-2-5(8)6(9)3-4/h4-5H,2-3H2,1H3/t4-,5-/m1/s1. The zero-order valence-corrected chi connectivity index (χ0v) is 6.17. The average molecular weight is 160 g/mol. The van der Waals surface area contributed by atoms with E-state index in [2.05, 4.69) is 4.74 Å². The highest BCUT2D eigenvalue weighted by atomic mass is 19.1. The number of esters is 1. The number of ether oxygens (including phenoxy) is 1. The van der Waals surface area contributed by atoms with Crippen molar-refractivity contribution < 1.29 is 18.7 Å². The molecule has 3 nitrogen and oxygen atoms in total. The smallest absolute Gasteiger partial charge is 0.309 e. The second-order valence-electron chi connectivity index (χ2n) is 2.59. The first-order valence-electron chi connectivity index (χ1n) is 3.39. The van der Waals surface area contributed by atoms with Gasteiger partial charge in [0.25, 0.3) is 0 Å². The lowest BCUT2D eigenvalue weighted by Crippen LogP contribution is -2.12. The highest BCUT2D eigenvalue weighted by molar-refractivity contribution is 5.91. The van der Waals surface area contributed by atoms with E-state index in [-0.39, 0.29) is 12.8 Å². The zero-order valence-electron chi connectivity index (χ0n) is 6.17. The minimum atomic E-state index is -1.46. The molecule has 1 aliphatic rings. The monoisotopic (exact) mass is 160 g/mol. The number of Topliss-reactive ketones (excluding diaryl/α,β-unsaturated/α-hetero) is 1. The van der Waals surface area contributed by atoms with E-state index in [0.717, 1.165) is 0 Å². The molecule has 0 unspecified atom stereocenters. The predicted molar refractivity (Wildman–Crippen MR) is 34.6 cm³/mol. The first-order chi connectivity index (χ1) is 5.15. The Balaban J connectivity index is 2.53. The molecule has 4 heteroatoms. The van der Waals surface area contributed by atoms with Crippen LogP contribution in [0.4, 0.5) is 4.39 Å². The molecule has 0 aromatic heterocycles. The van der Waals surface area contributed by atoms with Crippen molar-refractivity contribution in [1.82, 2.24) is 0 Å². The molecule has 2 atom stereocenters. The molecule has 1 saturated carbocycles. The topological polar surface area (TPSA) is 43.4 Å². The molecular formula is C7H9FO3. The summed E-state index contributed by atoms with van der Waals surface area (Å²) in [4.78, 5) is 21.4. The van der Waals surface area contributed by atoms with Crippen LogP contribution in [0.15, 0.2) is 0 Å². The van der Waals surface area contributed by atoms with E-state index in [4.69, 9.17) is 0 Å². The first kappa shape index (κ1) is 8.17. The number of carbonyl (C=O) groups is 2. The van der Waals surface area contributed by atoms with Gasteiger partial charge < -0.3 is 4.74 Å². The van der Waals surface area contributed by atoms with Crippen molar-refractivity contribution in [3.63, 3.8) is 0 Å². The van der Waals surface area contributed by atoms with Crippen LogP contribution in [0, 0.1) is 5.92 Å². The second kappa shape index (κ2) is 2.98. The Morgan fingerprint density at radius 3 is 2.73 bits per heavy atom. The highest BCUT2D eigenvalue weighted by Gasteiger charge is 2.37.